The van der Waals surface area contributed by atoms with Crippen LogP contribution in [0.2, 0.25) is 0 Å². The fourth-order valence-corrected chi connectivity index (χ4v) is 2.29. The Kier molecular flexibility index (Phi) is 4.60. The second-order valence-electron chi connectivity index (χ2n) is 4.88. The van der Waals surface area contributed by atoms with Crippen molar-refractivity contribution in [2.45, 2.75) is 32.9 Å². The number of nitrogens with one attached hydrogen (secondary N) is 1. The van der Waals surface area contributed by atoms with Crippen LogP contribution in [0, 0.1) is 5.82 Å². The Hall–Kier alpha value is -1.62. The highest BCUT2D eigenvalue weighted by Crippen LogP contribution is 2.19. The van der Waals surface area contributed by atoms with Gasteiger partial charge >= 0.3 is 0 Å². The Morgan fingerprint density at radius 3 is 2.90 bits per heavy atom. The number of carbonyl (C=O) groups is 1. The third-order valence-electron chi connectivity index (χ3n) is 2.88. The highest BCUT2D eigenvalue weighted by atomic mass is 35.5. The molecule has 0 bridgehead atoms. The first kappa shape index (κ1) is 14.8. The molecule has 2 rings (SSSR count). The van der Waals surface area contributed by atoms with E-state index in [1.54, 1.807) is 16.7 Å². The number of hydrogen-bond acceptors (Lipinski definition) is 2. The van der Waals surface area contributed by atoms with E-state index in [1.165, 1.54) is 6.07 Å². The maximum Gasteiger partial charge on any atom is 0.240 e. The fourth-order valence-electron chi connectivity index (χ4n) is 2.12. The van der Waals surface area contributed by atoms with E-state index in [0.717, 1.165) is 0 Å². The smallest absolute Gasteiger partial charge is 0.240 e. The minimum atomic E-state index is -0.388. The molecule has 0 aliphatic rings. The summed E-state index contributed by atoms with van der Waals surface area (Å²) in [7, 11) is 0. The van der Waals surface area contributed by atoms with Crippen molar-refractivity contribution in [1.82, 2.24) is 14.9 Å². The second-order valence-corrected chi connectivity index (χ2v) is 5.26. The lowest BCUT2D eigenvalue weighted by atomic mass is 10.3. The molecule has 1 amide bonds. The molecule has 1 aromatic heterocycles. The lowest BCUT2D eigenvalue weighted by molar-refractivity contribution is -0.122. The molecule has 4 nitrogen and oxygen atoms in total. The van der Waals surface area contributed by atoms with Crippen molar-refractivity contribution >= 4 is 28.5 Å². The number of fused-ring (bicyclic) bond motifs is 1. The van der Waals surface area contributed by atoms with Gasteiger partial charge in [0.05, 0.1) is 5.52 Å². The molecule has 0 saturated heterocycles. The van der Waals surface area contributed by atoms with Gasteiger partial charge < -0.3 is 9.88 Å². The summed E-state index contributed by atoms with van der Waals surface area (Å²) < 4.78 is 15.5. The number of amides is 1. The molecule has 0 aliphatic heterocycles. The van der Waals surface area contributed by atoms with Crippen LogP contribution in [0.25, 0.3) is 11.0 Å². The van der Waals surface area contributed by atoms with E-state index in [4.69, 9.17) is 11.6 Å². The Morgan fingerprint density at radius 1 is 1.50 bits per heavy atom. The van der Waals surface area contributed by atoms with Gasteiger partial charge in [-0.25, -0.2) is 9.37 Å². The van der Waals surface area contributed by atoms with Crippen molar-refractivity contribution in [3.8, 4) is 0 Å². The van der Waals surface area contributed by atoms with Crippen LogP contribution < -0.4 is 5.32 Å². The molecule has 1 aromatic carbocycles. The van der Waals surface area contributed by atoms with Crippen LogP contribution in [-0.4, -0.2) is 27.4 Å². The van der Waals surface area contributed by atoms with Crippen molar-refractivity contribution in [3.05, 3.63) is 29.8 Å². The number of aromatic nitrogens is 2. The molecular formula is C14H17ClFN3O. The van der Waals surface area contributed by atoms with Crippen LogP contribution in [0.1, 0.15) is 19.7 Å². The lowest BCUT2D eigenvalue weighted by Gasteiger charge is -2.11. The monoisotopic (exact) mass is 297 g/mol. The summed E-state index contributed by atoms with van der Waals surface area (Å²) in [6.45, 7) is 3.90. The number of imidazole rings is 1. The maximum atomic E-state index is 13.8. The Balaban J connectivity index is 2.41. The summed E-state index contributed by atoms with van der Waals surface area (Å²) in [5.74, 6) is 0.483. The molecule has 0 fully saturated rings. The fraction of sp³-hybridized carbons (Fsp3) is 0.429. The number of rotatable bonds is 5. The van der Waals surface area contributed by atoms with Gasteiger partial charge in [0.15, 0.2) is 5.82 Å². The minimum Gasteiger partial charge on any atom is -0.352 e. The van der Waals surface area contributed by atoms with Crippen LogP contribution >= 0.6 is 11.6 Å². The predicted octanol–water partition coefficient (Wildman–Crippen LogP) is 2.48. The van der Waals surface area contributed by atoms with Crippen LogP contribution in [0.3, 0.4) is 0 Å². The van der Waals surface area contributed by atoms with E-state index >= 15 is 0 Å². The summed E-state index contributed by atoms with van der Waals surface area (Å²) in [6, 6.07) is 4.79. The van der Waals surface area contributed by atoms with Gasteiger partial charge in [-0.3, -0.25) is 4.79 Å². The van der Waals surface area contributed by atoms with Gasteiger partial charge in [-0.2, -0.15) is 0 Å². The van der Waals surface area contributed by atoms with Gasteiger partial charge in [-0.05, 0) is 26.0 Å². The molecule has 108 valence electrons. The van der Waals surface area contributed by atoms with Gasteiger partial charge in [0.1, 0.15) is 17.9 Å². The summed E-state index contributed by atoms with van der Waals surface area (Å²) >= 11 is 5.75. The molecule has 1 heterocycles. The molecule has 0 atom stereocenters. The molecule has 1 N–H and O–H groups in total. The number of para-hydroxylation sites is 1. The van der Waals surface area contributed by atoms with Crippen molar-refractivity contribution in [2.24, 2.45) is 0 Å². The van der Waals surface area contributed by atoms with Crippen molar-refractivity contribution in [1.29, 1.82) is 0 Å². The van der Waals surface area contributed by atoms with E-state index in [1.807, 2.05) is 13.8 Å². The normalized spacial score (nSPS) is 11.2. The predicted molar refractivity (Wildman–Crippen MR) is 77.4 cm³/mol. The maximum absolute atomic E-state index is 13.8. The van der Waals surface area contributed by atoms with Gasteiger partial charge in [-0.15, -0.1) is 11.6 Å². The van der Waals surface area contributed by atoms with Gasteiger partial charge in [0.25, 0.3) is 0 Å². The van der Waals surface area contributed by atoms with Crippen LogP contribution in [0.4, 0.5) is 4.39 Å². The molecule has 0 unspecified atom stereocenters. The van der Waals surface area contributed by atoms with E-state index in [2.05, 4.69) is 10.3 Å². The summed E-state index contributed by atoms with van der Waals surface area (Å²) in [4.78, 5) is 16.2. The molecule has 2 aromatic rings. The largest absolute Gasteiger partial charge is 0.352 e. The number of benzene rings is 1. The number of hydrogen-bond donors (Lipinski definition) is 1. The van der Waals surface area contributed by atoms with E-state index in [0.29, 0.717) is 23.6 Å². The SMILES string of the molecule is CC(C)NC(=O)Cn1c(CCCl)nc2c(F)cccc21. The molecule has 0 saturated carbocycles. The molecule has 0 spiro atoms. The summed E-state index contributed by atoms with van der Waals surface area (Å²) in [6.07, 6.45) is 0.491. The number of alkyl halides is 1. The average Bonchev–Trinajstić information content (AvgIpc) is 2.69. The molecule has 6 heteroatoms. The highest BCUT2D eigenvalue weighted by Gasteiger charge is 2.15. The standard InChI is InChI=1S/C14H17ClFN3O/c1-9(2)17-13(20)8-19-11-5-3-4-10(16)14(11)18-12(19)6-7-15/h3-5,9H,6-8H2,1-2H3,(H,17,20). The van der Waals surface area contributed by atoms with Gasteiger partial charge in [0, 0.05) is 18.3 Å². The number of aryl methyl sites for hydroxylation is 1. The first-order valence-electron chi connectivity index (χ1n) is 6.52. The van der Waals surface area contributed by atoms with Crippen molar-refractivity contribution in [3.63, 3.8) is 0 Å². The topological polar surface area (TPSA) is 46.9 Å². The quantitative estimate of drug-likeness (QED) is 0.862. The summed E-state index contributed by atoms with van der Waals surface area (Å²) in [5, 5.41) is 2.82. The van der Waals surface area contributed by atoms with E-state index < -0.39 is 0 Å². The average molecular weight is 298 g/mol. The Bertz CT molecular complexity index is 624. The van der Waals surface area contributed by atoms with Crippen molar-refractivity contribution < 1.29 is 9.18 Å². The summed E-state index contributed by atoms with van der Waals surface area (Å²) in [5.41, 5.74) is 0.897. The lowest BCUT2D eigenvalue weighted by Crippen LogP contribution is -2.33. The molecule has 0 aliphatic carbocycles. The van der Waals surface area contributed by atoms with Crippen LogP contribution in [-0.2, 0) is 17.8 Å². The molecule has 0 radical (unpaired) electrons. The van der Waals surface area contributed by atoms with Gasteiger partial charge in [0.2, 0.25) is 5.91 Å². The number of nitrogens with zero attached hydrogens (tertiary/aromatic N) is 2. The zero-order valence-corrected chi connectivity index (χ0v) is 12.2. The number of carbonyl (C=O) groups excluding carboxylic acids is 1. The van der Waals surface area contributed by atoms with Crippen LogP contribution in [0.15, 0.2) is 18.2 Å². The Labute approximate surface area is 121 Å². The minimum absolute atomic E-state index is 0.0606. The first-order chi connectivity index (χ1) is 9.52. The zero-order chi connectivity index (χ0) is 14.7. The second kappa shape index (κ2) is 6.22. The van der Waals surface area contributed by atoms with E-state index in [-0.39, 0.29) is 29.8 Å². The van der Waals surface area contributed by atoms with Crippen molar-refractivity contribution in [2.75, 3.05) is 5.88 Å². The molecule has 20 heavy (non-hydrogen) atoms. The van der Waals surface area contributed by atoms with Gasteiger partial charge in [-0.1, -0.05) is 6.07 Å². The number of halogens is 2. The zero-order valence-electron chi connectivity index (χ0n) is 11.5. The third kappa shape index (κ3) is 3.10. The van der Waals surface area contributed by atoms with Crippen LogP contribution in [0.5, 0.6) is 0 Å². The van der Waals surface area contributed by atoms with E-state index in [9.17, 15) is 9.18 Å². The molecular weight excluding hydrogens is 281 g/mol. The Morgan fingerprint density at radius 2 is 2.25 bits per heavy atom. The first-order valence-corrected chi connectivity index (χ1v) is 7.05. The third-order valence-corrected chi connectivity index (χ3v) is 3.07. The highest BCUT2D eigenvalue weighted by molar-refractivity contribution is 6.17.